The second kappa shape index (κ2) is 9.87. The summed E-state index contributed by atoms with van der Waals surface area (Å²) in [6.45, 7) is 5.17. The van der Waals surface area contributed by atoms with Crippen molar-refractivity contribution in [2.75, 3.05) is 26.7 Å². The molecule has 1 aromatic carbocycles. The third-order valence-electron chi connectivity index (χ3n) is 5.85. The van der Waals surface area contributed by atoms with Crippen LogP contribution in [-0.2, 0) is 30.9 Å². The Hall–Kier alpha value is -2.41. The fourth-order valence-corrected chi connectivity index (χ4v) is 4.25. The van der Waals surface area contributed by atoms with Gasteiger partial charge in [-0.25, -0.2) is 0 Å². The predicted octanol–water partition coefficient (Wildman–Crippen LogP) is 2.62. The number of aliphatic imine (C=N–C) groups is 1. The lowest BCUT2D eigenvalue weighted by Crippen LogP contribution is -2.40. The van der Waals surface area contributed by atoms with Crippen molar-refractivity contribution in [1.82, 2.24) is 25.0 Å². The highest BCUT2D eigenvalue weighted by Crippen LogP contribution is 2.18. The first kappa shape index (κ1) is 19.9. The van der Waals surface area contributed by atoms with Crippen LogP contribution < -0.4 is 5.32 Å². The third-order valence-corrected chi connectivity index (χ3v) is 5.85. The van der Waals surface area contributed by atoms with E-state index in [-0.39, 0.29) is 0 Å². The van der Waals surface area contributed by atoms with Crippen LogP contribution in [0.2, 0.25) is 0 Å². The zero-order chi connectivity index (χ0) is 19.9. The van der Waals surface area contributed by atoms with Crippen molar-refractivity contribution in [2.45, 2.75) is 51.8 Å². The highest BCUT2D eigenvalue weighted by Gasteiger charge is 2.25. The van der Waals surface area contributed by atoms with E-state index in [1.54, 1.807) is 0 Å². The Balaban J connectivity index is 1.24. The third kappa shape index (κ3) is 5.15. The quantitative estimate of drug-likeness (QED) is 0.601. The summed E-state index contributed by atoms with van der Waals surface area (Å²) < 4.78 is 8.24. The summed E-state index contributed by atoms with van der Waals surface area (Å²) in [6.07, 6.45) is 5.88. The Morgan fingerprint density at radius 2 is 2.07 bits per heavy atom. The summed E-state index contributed by atoms with van der Waals surface area (Å²) in [5, 5.41) is 12.3. The minimum atomic E-state index is 0.543. The van der Waals surface area contributed by atoms with Crippen LogP contribution in [0.5, 0.6) is 0 Å². The van der Waals surface area contributed by atoms with E-state index < -0.39 is 0 Å². The Kier molecular flexibility index (Phi) is 6.77. The van der Waals surface area contributed by atoms with Crippen LogP contribution >= 0.6 is 0 Å². The van der Waals surface area contributed by atoms with E-state index in [4.69, 9.17) is 4.74 Å². The normalized spacial score (nSPS) is 19.8. The van der Waals surface area contributed by atoms with E-state index in [9.17, 15) is 0 Å². The largest absolute Gasteiger partial charge is 0.376 e. The number of ether oxygens (including phenoxy) is 1. The van der Waals surface area contributed by atoms with Crippen molar-refractivity contribution >= 4 is 5.96 Å². The van der Waals surface area contributed by atoms with Crippen LogP contribution in [0.15, 0.2) is 35.3 Å². The molecular formula is C22H32N6O. The van der Waals surface area contributed by atoms with Crippen LogP contribution in [0.25, 0.3) is 0 Å². The first-order valence-corrected chi connectivity index (χ1v) is 10.8. The van der Waals surface area contributed by atoms with Crippen molar-refractivity contribution < 1.29 is 4.74 Å². The molecule has 3 heterocycles. The standard InChI is InChI=1S/C22H32N6O/c1-23-22(24-14-21-26-25-20-10-6-3-7-12-28(20)21)27-13-11-19(15-27)17-29-16-18-8-4-2-5-9-18/h2,4-5,8-9,19H,3,6-7,10-17H2,1H3,(H,23,24). The maximum Gasteiger partial charge on any atom is 0.194 e. The Labute approximate surface area is 173 Å². The van der Waals surface area contributed by atoms with Crippen molar-refractivity contribution in [3.05, 3.63) is 47.5 Å². The lowest BCUT2D eigenvalue weighted by molar-refractivity contribution is 0.0906. The van der Waals surface area contributed by atoms with Gasteiger partial charge in [0.2, 0.25) is 0 Å². The van der Waals surface area contributed by atoms with Gasteiger partial charge >= 0.3 is 0 Å². The molecule has 1 N–H and O–H groups in total. The summed E-state index contributed by atoms with van der Waals surface area (Å²) in [7, 11) is 1.85. The molecule has 0 bridgehead atoms. The molecule has 0 saturated carbocycles. The number of rotatable bonds is 6. The number of likely N-dealkylation sites (tertiary alicyclic amines) is 1. The number of hydrogen-bond donors (Lipinski definition) is 1. The second-order valence-electron chi connectivity index (χ2n) is 8.00. The molecule has 0 spiro atoms. The Morgan fingerprint density at radius 1 is 1.17 bits per heavy atom. The van der Waals surface area contributed by atoms with Crippen LogP contribution in [-0.4, -0.2) is 52.4 Å². The number of aryl methyl sites for hydroxylation is 1. The molecule has 7 heteroatoms. The summed E-state index contributed by atoms with van der Waals surface area (Å²) in [6, 6.07) is 10.4. The fourth-order valence-electron chi connectivity index (χ4n) is 4.25. The zero-order valence-corrected chi connectivity index (χ0v) is 17.4. The summed E-state index contributed by atoms with van der Waals surface area (Å²) in [4.78, 5) is 6.83. The molecule has 2 aliphatic rings. The molecule has 1 unspecified atom stereocenters. The topological polar surface area (TPSA) is 67.6 Å². The molecule has 29 heavy (non-hydrogen) atoms. The van der Waals surface area contributed by atoms with Gasteiger partial charge in [0.15, 0.2) is 11.8 Å². The average Bonchev–Trinajstić information content (AvgIpc) is 3.30. The zero-order valence-electron chi connectivity index (χ0n) is 17.4. The van der Waals surface area contributed by atoms with E-state index >= 15 is 0 Å². The van der Waals surface area contributed by atoms with Gasteiger partial charge in [-0.15, -0.1) is 10.2 Å². The monoisotopic (exact) mass is 396 g/mol. The molecule has 1 aromatic heterocycles. The maximum absolute atomic E-state index is 5.95. The molecule has 0 aliphatic carbocycles. The van der Waals surface area contributed by atoms with E-state index in [0.29, 0.717) is 19.1 Å². The van der Waals surface area contributed by atoms with Gasteiger partial charge in [0, 0.05) is 39.0 Å². The van der Waals surface area contributed by atoms with E-state index in [0.717, 1.165) is 56.7 Å². The van der Waals surface area contributed by atoms with Gasteiger partial charge in [0.05, 0.1) is 19.8 Å². The lowest BCUT2D eigenvalue weighted by atomic mass is 10.1. The molecule has 4 rings (SSSR count). The fraction of sp³-hybridized carbons (Fsp3) is 0.591. The van der Waals surface area contributed by atoms with E-state index in [1.807, 2.05) is 13.1 Å². The summed E-state index contributed by atoms with van der Waals surface area (Å²) in [5.74, 6) is 3.64. The molecule has 1 fully saturated rings. The molecule has 156 valence electrons. The first-order chi connectivity index (χ1) is 14.3. The van der Waals surface area contributed by atoms with Gasteiger partial charge in [-0.2, -0.15) is 0 Å². The second-order valence-corrected chi connectivity index (χ2v) is 8.00. The van der Waals surface area contributed by atoms with Crippen molar-refractivity contribution in [3.63, 3.8) is 0 Å². The number of hydrogen-bond acceptors (Lipinski definition) is 4. The number of nitrogens with one attached hydrogen (secondary N) is 1. The smallest absolute Gasteiger partial charge is 0.194 e. The van der Waals surface area contributed by atoms with Gasteiger partial charge < -0.3 is 19.5 Å². The van der Waals surface area contributed by atoms with Crippen LogP contribution in [0.4, 0.5) is 0 Å². The number of benzene rings is 1. The molecule has 1 atom stereocenters. The van der Waals surface area contributed by atoms with Crippen LogP contribution in [0.3, 0.4) is 0 Å². The minimum Gasteiger partial charge on any atom is -0.376 e. The van der Waals surface area contributed by atoms with E-state index in [1.165, 1.54) is 24.8 Å². The highest BCUT2D eigenvalue weighted by molar-refractivity contribution is 5.80. The molecule has 0 amide bonds. The Bertz CT molecular complexity index is 803. The molecule has 0 radical (unpaired) electrons. The van der Waals surface area contributed by atoms with Gasteiger partial charge in [-0.3, -0.25) is 4.99 Å². The lowest BCUT2D eigenvalue weighted by Gasteiger charge is -2.21. The molecule has 2 aliphatic heterocycles. The number of fused-ring (bicyclic) bond motifs is 1. The van der Waals surface area contributed by atoms with E-state index in [2.05, 4.69) is 54.2 Å². The van der Waals surface area contributed by atoms with Crippen LogP contribution in [0.1, 0.15) is 42.9 Å². The molecule has 2 aromatic rings. The van der Waals surface area contributed by atoms with Gasteiger partial charge in [-0.1, -0.05) is 36.8 Å². The molecule has 1 saturated heterocycles. The highest BCUT2D eigenvalue weighted by atomic mass is 16.5. The van der Waals surface area contributed by atoms with Gasteiger partial charge in [0.1, 0.15) is 5.82 Å². The number of guanidine groups is 1. The van der Waals surface area contributed by atoms with Crippen molar-refractivity contribution in [3.8, 4) is 0 Å². The van der Waals surface area contributed by atoms with Crippen molar-refractivity contribution in [2.24, 2.45) is 10.9 Å². The average molecular weight is 397 g/mol. The molecular weight excluding hydrogens is 364 g/mol. The van der Waals surface area contributed by atoms with Gasteiger partial charge in [-0.05, 0) is 24.8 Å². The predicted molar refractivity (Wildman–Crippen MR) is 114 cm³/mol. The minimum absolute atomic E-state index is 0.543. The summed E-state index contributed by atoms with van der Waals surface area (Å²) >= 11 is 0. The first-order valence-electron chi connectivity index (χ1n) is 10.8. The number of aromatic nitrogens is 3. The van der Waals surface area contributed by atoms with Gasteiger partial charge in [0.25, 0.3) is 0 Å². The SMILES string of the molecule is CN=C(NCc1nnc2n1CCCCC2)N1CCC(COCc2ccccc2)C1. The van der Waals surface area contributed by atoms with Crippen molar-refractivity contribution in [1.29, 1.82) is 0 Å². The Morgan fingerprint density at radius 3 is 2.93 bits per heavy atom. The maximum atomic E-state index is 5.95. The summed E-state index contributed by atoms with van der Waals surface area (Å²) in [5.41, 5.74) is 1.23. The molecule has 7 nitrogen and oxygen atoms in total. The number of nitrogens with zero attached hydrogens (tertiary/aromatic N) is 5. The van der Waals surface area contributed by atoms with Crippen LogP contribution in [0, 0.1) is 5.92 Å².